The van der Waals surface area contributed by atoms with E-state index in [1.165, 1.54) is 231 Å². The fraction of sp³-hybridized carbons (Fsp3) is 0.833. The first-order chi connectivity index (χ1) is 40.0. The molecule has 0 aliphatic rings. The Morgan fingerprint density at radius 2 is 0.695 bits per heavy atom. The fourth-order valence-electron chi connectivity index (χ4n) is 10.2. The summed E-state index contributed by atoms with van der Waals surface area (Å²) in [5.41, 5.74) is 0. The molecule has 480 valence electrons. The first-order valence-electron chi connectivity index (χ1n) is 35.0. The van der Waals surface area contributed by atoms with Gasteiger partial charge in [0.25, 0.3) is 7.82 Å². The van der Waals surface area contributed by atoms with Crippen molar-refractivity contribution in [2.24, 2.45) is 0 Å². The zero-order valence-electron chi connectivity index (χ0n) is 54.7. The Morgan fingerprint density at radius 3 is 1.04 bits per heavy atom. The van der Waals surface area contributed by atoms with Crippen LogP contribution in [0.3, 0.4) is 0 Å². The molecule has 9 nitrogen and oxygen atoms in total. The molecule has 0 heterocycles. The lowest BCUT2D eigenvalue weighted by Crippen LogP contribution is -2.37. The van der Waals surface area contributed by atoms with Crippen LogP contribution in [-0.2, 0) is 32.7 Å². The molecule has 0 rings (SSSR count). The summed E-state index contributed by atoms with van der Waals surface area (Å²) in [7, 11) is 1.18. The normalized spacial score (nSPS) is 13.5. The van der Waals surface area contributed by atoms with Crippen LogP contribution in [0.5, 0.6) is 0 Å². The number of hydrogen-bond acceptors (Lipinski definition) is 8. The summed E-state index contributed by atoms with van der Waals surface area (Å²) in [4.78, 5) is 38.1. The largest absolute Gasteiger partial charge is 0.756 e. The summed E-state index contributed by atoms with van der Waals surface area (Å²) in [5.74, 6) is -0.815. The van der Waals surface area contributed by atoms with Crippen molar-refractivity contribution >= 4 is 19.8 Å². The maximum absolute atomic E-state index is 12.9. The van der Waals surface area contributed by atoms with Crippen molar-refractivity contribution in [2.45, 2.75) is 341 Å². The third kappa shape index (κ3) is 66.8. The lowest BCUT2D eigenvalue weighted by atomic mass is 10.0. The van der Waals surface area contributed by atoms with E-state index in [-0.39, 0.29) is 32.0 Å². The Hall–Kier alpha value is -2.29. The van der Waals surface area contributed by atoms with E-state index in [0.717, 1.165) is 70.6 Å². The number of esters is 2. The number of phosphoric ester groups is 1. The van der Waals surface area contributed by atoms with Gasteiger partial charge in [0.05, 0.1) is 27.7 Å². The van der Waals surface area contributed by atoms with Gasteiger partial charge in [-0.15, -0.1) is 0 Å². The number of carbonyl (C=O) groups is 2. The second-order valence-corrected chi connectivity index (χ2v) is 26.3. The number of hydrogen-bond donors (Lipinski definition) is 0. The van der Waals surface area contributed by atoms with E-state index in [0.29, 0.717) is 17.4 Å². The van der Waals surface area contributed by atoms with Gasteiger partial charge in [-0.25, -0.2) is 0 Å². The van der Waals surface area contributed by atoms with Crippen molar-refractivity contribution in [1.29, 1.82) is 0 Å². The molecular weight excluding hydrogens is 1040 g/mol. The van der Waals surface area contributed by atoms with Crippen LogP contribution in [0.2, 0.25) is 0 Å². The molecule has 0 aromatic rings. The van der Waals surface area contributed by atoms with Crippen molar-refractivity contribution in [1.82, 2.24) is 0 Å². The van der Waals surface area contributed by atoms with Crippen LogP contribution in [0.1, 0.15) is 335 Å². The number of quaternary nitrogens is 1. The lowest BCUT2D eigenvalue weighted by Gasteiger charge is -2.28. The highest BCUT2D eigenvalue weighted by molar-refractivity contribution is 7.45. The number of phosphoric acid groups is 1. The number of allylic oxidation sites excluding steroid dienone is 10. The molecule has 0 saturated carbocycles. The molecule has 0 amide bonds. The van der Waals surface area contributed by atoms with Crippen LogP contribution < -0.4 is 4.89 Å². The minimum Gasteiger partial charge on any atom is -0.756 e. The average Bonchev–Trinajstić information content (AvgIpc) is 3.46. The maximum Gasteiger partial charge on any atom is 0.306 e. The number of unbranched alkanes of at least 4 members (excludes halogenated alkanes) is 41. The van der Waals surface area contributed by atoms with Crippen LogP contribution in [0.4, 0.5) is 0 Å². The third-order valence-corrected chi connectivity index (χ3v) is 16.5. The molecule has 82 heavy (non-hydrogen) atoms. The molecule has 0 radical (unpaired) electrons. The van der Waals surface area contributed by atoms with Gasteiger partial charge in [-0.2, -0.15) is 0 Å². The maximum atomic E-state index is 12.9. The summed E-state index contributed by atoms with van der Waals surface area (Å²) in [6, 6.07) is 0. The Morgan fingerprint density at radius 1 is 0.390 bits per heavy atom. The van der Waals surface area contributed by atoms with Gasteiger partial charge in [0, 0.05) is 12.8 Å². The Balaban J connectivity index is 4.01. The number of carbonyl (C=O) groups excluding carboxylic acids is 2. The van der Waals surface area contributed by atoms with Crippen molar-refractivity contribution in [3.05, 3.63) is 60.8 Å². The molecule has 0 bridgehead atoms. The van der Waals surface area contributed by atoms with Crippen molar-refractivity contribution < 1.29 is 42.1 Å². The van der Waals surface area contributed by atoms with E-state index in [4.69, 9.17) is 18.5 Å². The second kappa shape index (κ2) is 63.2. The summed E-state index contributed by atoms with van der Waals surface area (Å²) in [5, 5.41) is 0. The first-order valence-corrected chi connectivity index (χ1v) is 36.5. The Kier molecular flexibility index (Phi) is 61.5. The molecule has 0 aromatic carbocycles. The first kappa shape index (κ1) is 79.7. The SMILES string of the molecule is CC/C=C\C/C=C\C/C=C\C/C=C\C/C=C\CCCCCCCCCCCCCCCCCCCC(=O)OC(COC(=O)CCCCCCCCCCCCCCCCCCCCCCCCCCC)COP(=O)([O-])OCC[N+](C)(C)C. The van der Waals surface area contributed by atoms with Gasteiger partial charge in [0.15, 0.2) is 6.10 Å². The predicted octanol–water partition coefficient (Wildman–Crippen LogP) is 22.0. The molecule has 2 unspecified atom stereocenters. The average molecular weight is 1170 g/mol. The zero-order chi connectivity index (χ0) is 59.8. The van der Waals surface area contributed by atoms with Gasteiger partial charge < -0.3 is 27.9 Å². The minimum atomic E-state index is -4.64. The van der Waals surface area contributed by atoms with E-state index in [1.807, 2.05) is 21.1 Å². The summed E-state index contributed by atoms with van der Waals surface area (Å²) in [6.45, 7) is 4.19. The van der Waals surface area contributed by atoms with Gasteiger partial charge >= 0.3 is 11.9 Å². The van der Waals surface area contributed by atoms with Gasteiger partial charge in [0.1, 0.15) is 19.8 Å². The van der Waals surface area contributed by atoms with Gasteiger partial charge in [0.2, 0.25) is 0 Å². The van der Waals surface area contributed by atoms with Gasteiger partial charge in [-0.05, 0) is 57.8 Å². The van der Waals surface area contributed by atoms with Crippen molar-refractivity contribution in [3.8, 4) is 0 Å². The van der Waals surface area contributed by atoms with E-state index >= 15 is 0 Å². The van der Waals surface area contributed by atoms with E-state index < -0.39 is 26.5 Å². The summed E-state index contributed by atoms with van der Waals surface area (Å²) in [6.07, 6.45) is 83.0. The molecule has 0 aliphatic carbocycles. The topological polar surface area (TPSA) is 111 Å². The lowest BCUT2D eigenvalue weighted by molar-refractivity contribution is -0.870. The molecule has 0 saturated heterocycles. The third-order valence-electron chi connectivity index (χ3n) is 15.6. The minimum absolute atomic E-state index is 0.0291. The smallest absolute Gasteiger partial charge is 0.306 e. The zero-order valence-corrected chi connectivity index (χ0v) is 55.6. The molecule has 2 atom stereocenters. The molecular formula is C72H134NO8P. The number of ether oxygens (including phenoxy) is 2. The number of nitrogens with zero attached hydrogens (tertiary/aromatic N) is 1. The standard InChI is InChI=1S/C72H134NO8P/c1-6-8-10-12-14-16-18-20-22-24-26-28-30-32-33-34-35-36-37-38-39-41-43-45-47-49-51-53-55-57-59-61-63-65-72(75)81-70(69-80-82(76,77)79-67-66-73(3,4)5)68-78-71(74)64-62-60-58-56-54-52-50-48-46-44-42-40-31-29-27-25-23-21-19-17-15-13-11-9-7-2/h8,10,14,16,20,22,26,28,32-33,70H,6-7,9,11-13,15,17-19,21,23-25,27,29-31,34-69H2,1-5H3/b10-8-,16-14-,22-20-,28-26-,33-32-. The molecule has 0 N–H and O–H groups in total. The Bertz CT molecular complexity index is 1570. The Labute approximate surface area is 508 Å². The second-order valence-electron chi connectivity index (χ2n) is 24.9. The molecule has 0 aromatic heterocycles. The highest BCUT2D eigenvalue weighted by Gasteiger charge is 2.22. The number of likely N-dealkylation sites (N-methyl/N-ethyl adjacent to an activating group) is 1. The molecule has 10 heteroatoms. The van der Waals surface area contributed by atoms with E-state index in [2.05, 4.69) is 74.6 Å². The van der Waals surface area contributed by atoms with Crippen LogP contribution in [0, 0.1) is 0 Å². The summed E-state index contributed by atoms with van der Waals surface area (Å²) < 4.78 is 34.3. The van der Waals surface area contributed by atoms with Crippen LogP contribution >= 0.6 is 7.82 Å². The highest BCUT2D eigenvalue weighted by atomic mass is 31.2. The predicted molar refractivity (Wildman–Crippen MR) is 351 cm³/mol. The summed E-state index contributed by atoms with van der Waals surface area (Å²) >= 11 is 0. The van der Waals surface area contributed by atoms with Crippen LogP contribution in [0.25, 0.3) is 0 Å². The van der Waals surface area contributed by atoms with E-state index in [1.54, 1.807) is 0 Å². The highest BCUT2D eigenvalue weighted by Crippen LogP contribution is 2.38. The monoisotopic (exact) mass is 1170 g/mol. The van der Waals surface area contributed by atoms with Crippen LogP contribution in [-0.4, -0.2) is 70.0 Å². The van der Waals surface area contributed by atoms with Crippen LogP contribution in [0.15, 0.2) is 60.8 Å². The van der Waals surface area contributed by atoms with Crippen molar-refractivity contribution in [2.75, 3.05) is 47.5 Å². The van der Waals surface area contributed by atoms with Gasteiger partial charge in [-0.1, -0.05) is 325 Å². The molecule has 0 fully saturated rings. The quantitative estimate of drug-likeness (QED) is 0.0195. The molecule has 0 spiro atoms. The van der Waals surface area contributed by atoms with Gasteiger partial charge in [-0.3, -0.25) is 14.2 Å². The van der Waals surface area contributed by atoms with E-state index in [9.17, 15) is 19.0 Å². The van der Waals surface area contributed by atoms with Crippen molar-refractivity contribution in [3.63, 3.8) is 0 Å². The number of rotatable bonds is 65. The fourth-order valence-corrected chi connectivity index (χ4v) is 10.9. The molecule has 0 aliphatic heterocycles.